The van der Waals surface area contributed by atoms with Gasteiger partial charge in [-0.25, -0.2) is 0 Å². The van der Waals surface area contributed by atoms with Crippen molar-refractivity contribution >= 4 is 29.9 Å². The smallest absolute Gasteiger partial charge is 0.191 e. The highest BCUT2D eigenvalue weighted by Crippen LogP contribution is 2.62. The molecule has 1 spiro atoms. The number of hydrogen-bond donors (Lipinski definition) is 2. The van der Waals surface area contributed by atoms with E-state index in [2.05, 4.69) is 50.9 Å². The zero-order chi connectivity index (χ0) is 20.1. The second kappa shape index (κ2) is 8.82. The van der Waals surface area contributed by atoms with Gasteiger partial charge in [-0.3, -0.25) is 9.89 Å². The number of rotatable bonds is 4. The van der Waals surface area contributed by atoms with Crippen molar-refractivity contribution < 1.29 is 4.74 Å². The third-order valence-electron chi connectivity index (χ3n) is 8.99. The maximum absolute atomic E-state index is 6.10. The van der Waals surface area contributed by atoms with Crippen molar-refractivity contribution in [3.8, 4) is 0 Å². The Morgan fingerprint density at radius 2 is 1.84 bits per heavy atom. The number of nitrogens with one attached hydrogen (secondary N) is 2. The largest absolute Gasteiger partial charge is 0.377 e. The second-order valence-corrected chi connectivity index (χ2v) is 10.4. The van der Waals surface area contributed by atoms with Crippen LogP contribution < -0.4 is 10.6 Å². The fourth-order valence-corrected chi connectivity index (χ4v) is 7.41. The molecule has 2 N–H and O–H groups in total. The van der Waals surface area contributed by atoms with Gasteiger partial charge < -0.3 is 15.4 Å². The standard InChI is InChI=1S/C25H36N4O.HI/c1-26-24(28-22-21-10-13-30-23(21)25(22)11-5-12-25)27-18-14-19-8-9-20(15-18)29(19)16-17-6-3-2-4-7-17;/h2-4,6-7,18-23H,5,8-16H2,1H3,(H2,26,27,28);1H. The van der Waals surface area contributed by atoms with E-state index in [4.69, 9.17) is 4.74 Å². The van der Waals surface area contributed by atoms with Gasteiger partial charge in [-0.2, -0.15) is 0 Å². The van der Waals surface area contributed by atoms with Gasteiger partial charge >= 0.3 is 0 Å². The number of ether oxygens (including phenoxy) is 1. The van der Waals surface area contributed by atoms with Crippen LogP contribution in [0.2, 0.25) is 0 Å². The van der Waals surface area contributed by atoms with Gasteiger partial charge in [-0.15, -0.1) is 24.0 Å². The van der Waals surface area contributed by atoms with Gasteiger partial charge in [-0.1, -0.05) is 36.8 Å². The Bertz CT molecular complexity index is 784. The molecule has 1 aromatic rings. The van der Waals surface area contributed by atoms with Gasteiger partial charge in [0.25, 0.3) is 0 Å². The normalized spacial score (nSPS) is 38.0. The minimum atomic E-state index is 0. The molecular weight excluding hydrogens is 499 g/mol. The van der Waals surface area contributed by atoms with Gasteiger partial charge in [0.15, 0.2) is 5.96 Å². The lowest BCUT2D eigenvalue weighted by atomic mass is 9.46. The van der Waals surface area contributed by atoms with Crippen molar-refractivity contribution in [2.24, 2.45) is 16.3 Å². The number of aliphatic imine (C=N–C) groups is 1. The fraction of sp³-hybridized carbons (Fsp3) is 0.720. The Morgan fingerprint density at radius 3 is 2.48 bits per heavy atom. The van der Waals surface area contributed by atoms with E-state index in [0.717, 1.165) is 19.1 Å². The van der Waals surface area contributed by atoms with Crippen molar-refractivity contribution in [2.45, 2.75) is 88.2 Å². The van der Waals surface area contributed by atoms with E-state index in [0.29, 0.717) is 41.6 Å². The summed E-state index contributed by atoms with van der Waals surface area (Å²) < 4.78 is 6.10. The zero-order valence-electron chi connectivity index (χ0n) is 18.6. The summed E-state index contributed by atoms with van der Waals surface area (Å²) in [6, 6.07) is 13.5. The summed E-state index contributed by atoms with van der Waals surface area (Å²) in [4.78, 5) is 7.40. The number of fused-ring (bicyclic) bond motifs is 4. The van der Waals surface area contributed by atoms with E-state index in [1.54, 1.807) is 0 Å². The van der Waals surface area contributed by atoms with E-state index in [-0.39, 0.29) is 24.0 Å². The van der Waals surface area contributed by atoms with Gasteiger partial charge in [0, 0.05) is 55.7 Å². The Hall–Kier alpha value is -0.860. The summed E-state index contributed by atoms with van der Waals surface area (Å²) >= 11 is 0. The highest BCUT2D eigenvalue weighted by atomic mass is 127. The lowest BCUT2D eigenvalue weighted by Crippen LogP contribution is -2.72. The first-order valence-corrected chi connectivity index (χ1v) is 12.2. The first kappa shape index (κ1) is 22.0. The molecule has 2 saturated carbocycles. The summed E-state index contributed by atoms with van der Waals surface area (Å²) in [5.74, 6) is 1.71. The highest BCUT2D eigenvalue weighted by molar-refractivity contribution is 14.0. The maximum Gasteiger partial charge on any atom is 0.191 e. The predicted octanol–water partition coefficient (Wildman–Crippen LogP) is 3.92. The van der Waals surface area contributed by atoms with Crippen LogP contribution >= 0.6 is 24.0 Å². The lowest BCUT2D eigenvalue weighted by Gasteiger charge is -2.63. The molecule has 5 fully saturated rings. The van der Waals surface area contributed by atoms with Gasteiger partial charge in [0.05, 0.1) is 6.10 Å². The number of nitrogens with zero attached hydrogens (tertiary/aromatic N) is 2. The first-order valence-electron chi connectivity index (χ1n) is 12.2. The minimum absolute atomic E-state index is 0. The maximum atomic E-state index is 6.10. The van der Waals surface area contributed by atoms with Crippen LogP contribution in [-0.2, 0) is 11.3 Å². The summed E-state index contributed by atoms with van der Waals surface area (Å²) in [6.07, 6.45) is 10.9. The molecule has 5 nitrogen and oxygen atoms in total. The van der Waals surface area contributed by atoms with Crippen LogP contribution in [0, 0.1) is 11.3 Å². The molecular formula is C25H37IN4O. The van der Waals surface area contributed by atoms with E-state index in [1.165, 1.54) is 56.9 Å². The van der Waals surface area contributed by atoms with Crippen molar-refractivity contribution in [1.29, 1.82) is 0 Å². The predicted molar refractivity (Wildman–Crippen MR) is 135 cm³/mol. The Balaban J connectivity index is 0.00000204. The number of piperidine rings is 1. The second-order valence-electron chi connectivity index (χ2n) is 10.4. The summed E-state index contributed by atoms with van der Waals surface area (Å²) in [5.41, 5.74) is 1.85. The average Bonchev–Trinajstić information content (AvgIpc) is 3.23. The van der Waals surface area contributed by atoms with Crippen molar-refractivity contribution in [2.75, 3.05) is 13.7 Å². The number of halogens is 1. The Morgan fingerprint density at radius 1 is 1.10 bits per heavy atom. The average molecular weight is 537 g/mol. The fourth-order valence-electron chi connectivity index (χ4n) is 7.41. The molecule has 5 atom stereocenters. The molecule has 0 radical (unpaired) electrons. The van der Waals surface area contributed by atoms with E-state index < -0.39 is 0 Å². The summed E-state index contributed by atoms with van der Waals surface area (Å²) in [5, 5.41) is 7.69. The van der Waals surface area contributed by atoms with Gasteiger partial charge in [-0.05, 0) is 50.5 Å². The van der Waals surface area contributed by atoms with Crippen LogP contribution in [-0.4, -0.2) is 54.8 Å². The van der Waals surface area contributed by atoms with E-state index in [9.17, 15) is 0 Å². The third kappa shape index (κ3) is 3.70. The molecule has 6 heteroatoms. The van der Waals surface area contributed by atoms with Crippen molar-refractivity contribution in [3.05, 3.63) is 35.9 Å². The third-order valence-corrected chi connectivity index (χ3v) is 8.99. The molecule has 3 saturated heterocycles. The molecule has 0 aromatic heterocycles. The van der Waals surface area contributed by atoms with Crippen LogP contribution in [0.4, 0.5) is 0 Å². The first-order chi connectivity index (χ1) is 14.8. The summed E-state index contributed by atoms with van der Waals surface area (Å²) in [6.45, 7) is 2.05. The van der Waals surface area contributed by atoms with Crippen LogP contribution in [0.3, 0.4) is 0 Å². The molecule has 3 heterocycles. The van der Waals surface area contributed by atoms with E-state index in [1.807, 2.05) is 7.05 Å². The number of hydrogen-bond acceptors (Lipinski definition) is 3. The molecule has 5 unspecified atom stereocenters. The molecule has 2 bridgehead atoms. The Kier molecular flexibility index (Phi) is 6.25. The zero-order valence-corrected chi connectivity index (χ0v) is 21.0. The highest BCUT2D eigenvalue weighted by Gasteiger charge is 2.66. The minimum Gasteiger partial charge on any atom is -0.377 e. The van der Waals surface area contributed by atoms with Crippen molar-refractivity contribution in [1.82, 2.24) is 15.5 Å². The SMILES string of the molecule is CN=C(NC1CC2CCC(C1)N2Cc1ccccc1)NC1C2CCOC2C12CCC2.I. The lowest BCUT2D eigenvalue weighted by molar-refractivity contribution is -0.171. The molecule has 2 aliphatic carbocycles. The van der Waals surface area contributed by atoms with Crippen LogP contribution in [0.1, 0.15) is 56.9 Å². The summed E-state index contributed by atoms with van der Waals surface area (Å²) in [7, 11) is 1.93. The topological polar surface area (TPSA) is 48.9 Å². The molecule has 0 amide bonds. The Labute approximate surface area is 203 Å². The van der Waals surface area contributed by atoms with E-state index >= 15 is 0 Å². The van der Waals surface area contributed by atoms with Crippen molar-refractivity contribution in [3.63, 3.8) is 0 Å². The molecule has 1 aromatic carbocycles. The van der Waals surface area contributed by atoms with Gasteiger partial charge in [0.2, 0.25) is 0 Å². The molecule has 3 aliphatic heterocycles. The molecule has 31 heavy (non-hydrogen) atoms. The monoisotopic (exact) mass is 536 g/mol. The van der Waals surface area contributed by atoms with Gasteiger partial charge in [0.1, 0.15) is 0 Å². The quantitative estimate of drug-likeness (QED) is 0.348. The van der Waals surface area contributed by atoms with Crippen LogP contribution in [0.15, 0.2) is 35.3 Å². The number of guanidine groups is 1. The molecule has 170 valence electrons. The van der Waals surface area contributed by atoms with Crippen LogP contribution in [0.5, 0.6) is 0 Å². The molecule has 6 rings (SSSR count). The molecule has 5 aliphatic rings. The number of benzene rings is 1. The van der Waals surface area contributed by atoms with Crippen LogP contribution in [0.25, 0.3) is 0 Å².